The Hall–Kier alpha value is -2.42. The number of carbonyl (C=O) groups excluding carboxylic acids is 1. The van der Waals surface area contributed by atoms with Crippen molar-refractivity contribution in [2.75, 3.05) is 6.54 Å². The number of pyridine rings is 1. The number of nitrogens with two attached hydrogens (primary N) is 1. The van der Waals surface area contributed by atoms with Crippen molar-refractivity contribution in [3.8, 4) is 5.75 Å². The highest BCUT2D eigenvalue weighted by Crippen LogP contribution is 2.26. The van der Waals surface area contributed by atoms with Gasteiger partial charge >= 0.3 is 12.1 Å². The summed E-state index contributed by atoms with van der Waals surface area (Å²) in [6, 6.07) is 3.06. The molecule has 0 fully saturated rings. The monoisotopic (exact) mass is 318 g/mol. The second-order valence-electron chi connectivity index (χ2n) is 4.42. The molecule has 118 valence electrons. The Morgan fingerprint density at radius 1 is 1.27 bits per heavy atom. The van der Waals surface area contributed by atoms with Crippen LogP contribution >= 0.6 is 0 Å². The van der Waals surface area contributed by atoms with Gasteiger partial charge in [0.25, 0.3) is 5.56 Å². The first-order valence-corrected chi connectivity index (χ1v) is 6.07. The first kappa shape index (κ1) is 16.0. The van der Waals surface area contributed by atoms with E-state index in [1.54, 1.807) is 0 Å². The molecule has 0 aliphatic heterocycles. The molecular formula is C13H10F4N2O3. The van der Waals surface area contributed by atoms with E-state index in [1.807, 2.05) is 0 Å². The van der Waals surface area contributed by atoms with Gasteiger partial charge in [-0.2, -0.15) is 13.2 Å². The van der Waals surface area contributed by atoms with E-state index < -0.39 is 29.3 Å². The molecule has 0 bridgehead atoms. The number of carbonyl (C=O) groups is 1. The summed E-state index contributed by atoms with van der Waals surface area (Å²) in [5, 5.41) is 0.243. The molecule has 1 heterocycles. The van der Waals surface area contributed by atoms with Gasteiger partial charge in [0, 0.05) is 17.0 Å². The van der Waals surface area contributed by atoms with Crippen molar-refractivity contribution in [1.29, 1.82) is 0 Å². The number of esters is 1. The third-order valence-electron chi connectivity index (χ3n) is 2.82. The molecule has 0 saturated heterocycles. The lowest BCUT2D eigenvalue weighted by Crippen LogP contribution is -2.28. The highest BCUT2D eigenvalue weighted by molar-refractivity contribution is 5.83. The number of nitrogens with one attached hydrogen (secondary N) is 1. The number of H-pyrrole nitrogens is 1. The third kappa shape index (κ3) is 3.25. The number of halogens is 4. The molecule has 22 heavy (non-hydrogen) atoms. The normalized spacial score (nSPS) is 11.7. The van der Waals surface area contributed by atoms with Gasteiger partial charge in [0.1, 0.15) is 0 Å². The Kier molecular flexibility index (Phi) is 4.18. The second-order valence-corrected chi connectivity index (χ2v) is 4.42. The minimum atomic E-state index is -5.25. The van der Waals surface area contributed by atoms with E-state index in [-0.39, 0.29) is 23.9 Å². The van der Waals surface area contributed by atoms with Gasteiger partial charge in [-0.15, -0.1) is 0 Å². The van der Waals surface area contributed by atoms with Crippen LogP contribution < -0.4 is 16.0 Å². The molecule has 2 rings (SSSR count). The highest BCUT2D eigenvalue weighted by atomic mass is 19.4. The zero-order valence-electron chi connectivity index (χ0n) is 11.0. The topological polar surface area (TPSA) is 85.2 Å². The van der Waals surface area contributed by atoms with Crippen molar-refractivity contribution in [3.63, 3.8) is 0 Å². The number of hydrogen-bond acceptors (Lipinski definition) is 4. The van der Waals surface area contributed by atoms with E-state index in [9.17, 15) is 27.2 Å². The summed E-state index contributed by atoms with van der Waals surface area (Å²) in [4.78, 5) is 24.8. The van der Waals surface area contributed by atoms with Crippen LogP contribution in [0.1, 0.15) is 5.56 Å². The first-order chi connectivity index (χ1) is 10.2. The number of rotatable bonds is 3. The zero-order chi connectivity index (χ0) is 16.5. The largest absolute Gasteiger partial charge is 0.491 e. The molecule has 0 amide bonds. The van der Waals surface area contributed by atoms with E-state index in [2.05, 4.69) is 9.72 Å². The van der Waals surface area contributed by atoms with Crippen molar-refractivity contribution in [2.24, 2.45) is 5.73 Å². The number of alkyl halides is 3. The van der Waals surface area contributed by atoms with Crippen LogP contribution in [0.3, 0.4) is 0 Å². The predicted octanol–water partition coefficient (Wildman–Crippen LogP) is 1.64. The molecule has 1 aromatic carbocycles. The SMILES string of the molecule is NCCc1cc2cc(F)c(OC(=O)C(F)(F)F)cc2[nH]c1=O. The first-order valence-electron chi connectivity index (χ1n) is 6.07. The Morgan fingerprint density at radius 3 is 2.55 bits per heavy atom. The Bertz CT molecular complexity index is 783. The standard InChI is InChI=1S/C13H10F4N2O3/c14-8-4-7-3-6(1-2-18)11(20)19-9(7)5-10(8)22-12(21)13(15,16)17/h3-5H,1-2,18H2,(H,19,20). The number of ether oxygens (including phenoxy) is 1. The molecule has 9 heteroatoms. The van der Waals surface area contributed by atoms with Gasteiger partial charge in [-0.05, 0) is 25.1 Å². The van der Waals surface area contributed by atoms with Crippen LogP contribution in [0.25, 0.3) is 10.9 Å². The summed E-state index contributed by atoms with van der Waals surface area (Å²) in [5.41, 5.74) is 5.18. The number of fused-ring (bicyclic) bond motifs is 1. The molecule has 0 radical (unpaired) electrons. The highest BCUT2D eigenvalue weighted by Gasteiger charge is 2.41. The number of hydrogen-bond donors (Lipinski definition) is 2. The van der Waals surface area contributed by atoms with E-state index in [0.717, 1.165) is 12.1 Å². The van der Waals surface area contributed by atoms with Crippen molar-refractivity contribution in [2.45, 2.75) is 12.6 Å². The molecule has 0 saturated carbocycles. The average Bonchev–Trinajstić information content (AvgIpc) is 2.40. The van der Waals surface area contributed by atoms with Crippen molar-refractivity contribution < 1.29 is 27.1 Å². The lowest BCUT2D eigenvalue weighted by molar-refractivity contribution is -0.189. The maximum Gasteiger partial charge on any atom is 0.491 e. The smallest absolute Gasteiger partial charge is 0.417 e. The quantitative estimate of drug-likeness (QED) is 0.512. The van der Waals surface area contributed by atoms with Crippen LogP contribution in [0.4, 0.5) is 17.6 Å². The lowest BCUT2D eigenvalue weighted by atomic mass is 10.1. The fourth-order valence-corrected chi connectivity index (χ4v) is 1.83. The average molecular weight is 318 g/mol. The number of benzene rings is 1. The molecule has 5 nitrogen and oxygen atoms in total. The van der Waals surface area contributed by atoms with Crippen LogP contribution in [0, 0.1) is 5.82 Å². The molecule has 2 aromatic rings. The van der Waals surface area contributed by atoms with Crippen LogP contribution in [0.5, 0.6) is 5.75 Å². The molecule has 1 aromatic heterocycles. The summed E-state index contributed by atoms with van der Waals surface area (Å²) >= 11 is 0. The molecule has 0 spiro atoms. The van der Waals surface area contributed by atoms with E-state index >= 15 is 0 Å². The summed E-state index contributed by atoms with van der Waals surface area (Å²) in [7, 11) is 0. The van der Waals surface area contributed by atoms with Crippen molar-refractivity contribution >= 4 is 16.9 Å². The Balaban J connectivity index is 2.47. The van der Waals surface area contributed by atoms with Crippen molar-refractivity contribution in [1.82, 2.24) is 4.98 Å². The van der Waals surface area contributed by atoms with Crippen LogP contribution in [0.2, 0.25) is 0 Å². The summed E-state index contributed by atoms with van der Waals surface area (Å²) in [6.07, 6.45) is -4.99. The minimum absolute atomic E-state index is 0.0390. The van der Waals surface area contributed by atoms with Crippen LogP contribution in [-0.2, 0) is 11.2 Å². The number of aromatic amines is 1. The predicted molar refractivity (Wildman–Crippen MR) is 69.0 cm³/mol. The molecule has 0 aliphatic carbocycles. The fraction of sp³-hybridized carbons (Fsp3) is 0.231. The van der Waals surface area contributed by atoms with E-state index in [4.69, 9.17) is 5.73 Å². The third-order valence-corrected chi connectivity index (χ3v) is 2.82. The Labute approximate surface area is 120 Å². The van der Waals surface area contributed by atoms with E-state index in [0.29, 0.717) is 5.56 Å². The molecule has 0 aliphatic rings. The van der Waals surface area contributed by atoms with Gasteiger partial charge in [0.05, 0.1) is 5.52 Å². The van der Waals surface area contributed by atoms with Gasteiger partial charge in [-0.1, -0.05) is 0 Å². The molecule has 0 unspecified atom stereocenters. The zero-order valence-corrected chi connectivity index (χ0v) is 11.0. The van der Waals surface area contributed by atoms with Gasteiger partial charge in [-0.25, -0.2) is 9.18 Å². The Morgan fingerprint density at radius 2 is 1.95 bits per heavy atom. The van der Waals surface area contributed by atoms with Gasteiger partial charge < -0.3 is 15.5 Å². The van der Waals surface area contributed by atoms with Crippen LogP contribution in [-0.4, -0.2) is 23.7 Å². The molecule has 0 atom stereocenters. The van der Waals surface area contributed by atoms with Crippen LogP contribution in [0.15, 0.2) is 23.0 Å². The fourth-order valence-electron chi connectivity index (χ4n) is 1.83. The van der Waals surface area contributed by atoms with Gasteiger partial charge in [0.2, 0.25) is 0 Å². The molecule has 3 N–H and O–H groups in total. The van der Waals surface area contributed by atoms with Gasteiger partial charge in [0.15, 0.2) is 11.6 Å². The van der Waals surface area contributed by atoms with E-state index in [1.165, 1.54) is 6.07 Å². The molecular weight excluding hydrogens is 308 g/mol. The summed E-state index contributed by atoms with van der Waals surface area (Å²) < 4.78 is 54.0. The summed E-state index contributed by atoms with van der Waals surface area (Å²) in [6.45, 7) is 0.207. The maximum atomic E-state index is 13.7. The summed E-state index contributed by atoms with van der Waals surface area (Å²) in [5.74, 6) is -4.62. The maximum absolute atomic E-state index is 13.7. The van der Waals surface area contributed by atoms with Crippen molar-refractivity contribution in [3.05, 3.63) is 39.9 Å². The lowest BCUT2D eigenvalue weighted by Gasteiger charge is -2.09. The minimum Gasteiger partial charge on any atom is -0.417 e. The number of aromatic nitrogens is 1. The van der Waals surface area contributed by atoms with Gasteiger partial charge in [-0.3, -0.25) is 4.79 Å². The second kappa shape index (κ2) is 5.76.